The van der Waals surface area contributed by atoms with Gasteiger partial charge in [-0.15, -0.1) is 0 Å². The summed E-state index contributed by atoms with van der Waals surface area (Å²) in [6, 6.07) is 14.9. The van der Waals surface area contributed by atoms with E-state index >= 15 is 0 Å². The Hall–Kier alpha value is -3.17. The Kier molecular flexibility index (Phi) is 6.77. The van der Waals surface area contributed by atoms with Gasteiger partial charge in [-0.1, -0.05) is 49.6 Å². The summed E-state index contributed by atoms with van der Waals surface area (Å²) < 4.78 is 29.9. The Labute approximate surface area is 266 Å². The highest BCUT2D eigenvalue weighted by Crippen LogP contribution is 2.66. The van der Waals surface area contributed by atoms with Crippen LogP contribution in [0.5, 0.6) is 0 Å². The summed E-state index contributed by atoms with van der Waals surface area (Å²) >= 11 is 0. The third-order valence-corrected chi connectivity index (χ3v) is 13.4. The number of nitrogens with zero attached hydrogens (tertiary/aromatic N) is 3. The summed E-state index contributed by atoms with van der Waals surface area (Å²) in [5.74, 6) is 0.255. The molecule has 4 atom stereocenters. The average Bonchev–Trinajstić information content (AvgIpc) is 3.61. The molecular weight excluding hydrogens is 584 g/mol. The second-order valence-corrected chi connectivity index (χ2v) is 17.0. The van der Waals surface area contributed by atoms with Crippen LogP contribution in [0, 0.1) is 5.41 Å². The minimum atomic E-state index is -3.78. The third kappa shape index (κ3) is 4.51. The lowest BCUT2D eigenvalue weighted by molar-refractivity contribution is -0.143. The summed E-state index contributed by atoms with van der Waals surface area (Å²) in [6.45, 7) is 5.57. The van der Waals surface area contributed by atoms with E-state index < -0.39 is 26.6 Å². The first-order chi connectivity index (χ1) is 21.6. The topological polar surface area (TPSA) is 91.7 Å². The number of likely N-dealkylation sites (tertiary alicyclic amines) is 1. The highest BCUT2D eigenvalue weighted by atomic mass is 32.2. The van der Waals surface area contributed by atoms with Crippen molar-refractivity contribution in [1.29, 1.82) is 0 Å². The molecule has 8 nitrogen and oxygen atoms in total. The minimum absolute atomic E-state index is 0.164. The zero-order valence-corrected chi connectivity index (χ0v) is 27.4. The molecule has 2 unspecified atom stereocenters. The van der Waals surface area contributed by atoms with Crippen molar-refractivity contribution in [3.05, 3.63) is 59.2 Å². The summed E-state index contributed by atoms with van der Waals surface area (Å²) in [6.07, 6.45) is 8.87. The molecule has 2 aromatic carbocycles. The molecule has 2 amide bonds. The van der Waals surface area contributed by atoms with E-state index in [-0.39, 0.29) is 18.0 Å². The molecule has 0 radical (unpaired) electrons. The van der Waals surface area contributed by atoms with Gasteiger partial charge in [-0.3, -0.25) is 9.59 Å². The fourth-order valence-corrected chi connectivity index (χ4v) is 9.89. The maximum atomic E-state index is 14.9. The number of rotatable bonds is 5. The number of hydrogen-bond acceptors (Lipinski definition) is 5. The smallest absolute Gasteiger partial charge is 0.264 e. The highest BCUT2D eigenvalue weighted by Gasteiger charge is 2.65. The average molecular weight is 629 g/mol. The maximum absolute atomic E-state index is 14.9. The van der Waals surface area contributed by atoms with Gasteiger partial charge in [0.25, 0.3) is 5.91 Å². The van der Waals surface area contributed by atoms with E-state index in [0.29, 0.717) is 23.9 Å². The van der Waals surface area contributed by atoms with Crippen LogP contribution >= 0.6 is 0 Å². The van der Waals surface area contributed by atoms with Crippen LogP contribution in [0.2, 0.25) is 0 Å². The normalized spacial score (nSPS) is 28.0. The van der Waals surface area contributed by atoms with Gasteiger partial charge in [-0.25, -0.2) is 13.1 Å². The molecule has 5 aliphatic rings. The van der Waals surface area contributed by atoms with Crippen LogP contribution in [0.15, 0.2) is 42.5 Å². The van der Waals surface area contributed by atoms with Gasteiger partial charge in [0.1, 0.15) is 0 Å². The standard InChI is InChI=1S/C36H44N4O4S/c1-22(2)45(43,44)37-34(41)24-13-16-29-31(17-24)39-21-36(35(42)40-25-14-15-26(40)20-38(3)19-25)18-30(36)27-11-7-8-12-28(27)33(39)32(29)23-9-5-4-6-10-23/h7-8,11-13,16-17,22-23,25-26,30H,4-6,9-10,14-15,18-21H2,1-3H3,(H,37,41)/t25?,26?,30-,36+/m0/s1. The third-order valence-electron chi connectivity index (χ3n) is 11.7. The van der Waals surface area contributed by atoms with E-state index in [1.165, 1.54) is 41.6 Å². The van der Waals surface area contributed by atoms with Crippen LogP contribution in [-0.2, 0) is 21.4 Å². The number of hydrogen-bond donors (Lipinski definition) is 1. The Balaban J connectivity index is 1.30. The van der Waals surface area contributed by atoms with Gasteiger partial charge in [-0.2, -0.15) is 0 Å². The van der Waals surface area contributed by atoms with E-state index in [2.05, 4.69) is 50.4 Å². The number of carbonyl (C=O) groups excluding carboxylic acids is 2. The highest BCUT2D eigenvalue weighted by molar-refractivity contribution is 7.90. The summed E-state index contributed by atoms with van der Waals surface area (Å²) in [4.78, 5) is 32.8. The molecule has 4 fully saturated rings. The number of piperazine rings is 1. The number of benzene rings is 2. The minimum Gasteiger partial charge on any atom is -0.339 e. The van der Waals surface area contributed by atoms with E-state index in [1.807, 2.05) is 12.1 Å². The maximum Gasteiger partial charge on any atom is 0.264 e. The van der Waals surface area contributed by atoms with E-state index in [1.54, 1.807) is 19.9 Å². The molecule has 3 aromatic rings. The second-order valence-electron chi connectivity index (χ2n) is 14.8. The molecule has 3 aliphatic heterocycles. The van der Waals surface area contributed by atoms with Crippen LogP contribution in [0.4, 0.5) is 0 Å². The number of sulfonamides is 1. The van der Waals surface area contributed by atoms with Gasteiger partial charge >= 0.3 is 0 Å². The number of carbonyl (C=O) groups is 2. The first-order valence-electron chi connectivity index (χ1n) is 16.9. The van der Waals surface area contributed by atoms with E-state index in [9.17, 15) is 18.0 Å². The lowest BCUT2D eigenvalue weighted by atomic mass is 9.81. The van der Waals surface area contributed by atoms with Crippen molar-refractivity contribution in [2.45, 2.75) is 101 Å². The van der Waals surface area contributed by atoms with Crippen molar-refractivity contribution < 1.29 is 18.0 Å². The Morgan fingerprint density at radius 3 is 2.38 bits per heavy atom. The van der Waals surface area contributed by atoms with Crippen molar-refractivity contribution in [3.63, 3.8) is 0 Å². The zero-order valence-electron chi connectivity index (χ0n) is 26.6. The molecule has 1 N–H and O–H groups in total. The Morgan fingerprint density at radius 2 is 1.67 bits per heavy atom. The van der Waals surface area contributed by atoms with Gasteiger partial charge in [0, 0.05) is 59.7 Å². The van der Waals surface area contributed by atoms with E-state index in [4.69, 9.17) is 0 Å². The van der Waals surface area contributed by atoms with Crippen molar-refractivity contribution in [3.8, 4) is 11.3 Å². The SMILES string of the molecule is CC(C)S(=O)(=O)NC(=O)c1ccc2c(C3CCCCC3)c3n(c2c1)C[C@]1(C(=O)N2C4CCC2CN(C)C4)C[C@H]1c1ccccc1-3. The lowest BCUT2D eigenvalue weighted by Crippen LogP contribution is -2.57. The largest absolute Gasteiger partial charge is 0.339 e. The van der Waals surface area contributed by atoms with Gasteiger partial charge in [0.15, 0.2) is 0 Å². The summed E-state index contributed by atoms with van der Waals surface area (Å²) in [5.41, 5.74) is 5.74. The van der Waals surface area contributed by atoms with Gasteiger partial charge in [0.05, 0.1) is 16.4 Å². The van der Waals surface area contributed by atoms with Crippen LogP contribution in [-0.4, -0.2) is 72.1 Å². The molecule has 1 aromatic heterocycles. The molecule has 45 heavy (non-hydrogen) atoms. The van der Waals surface area contributed by atoms with E-state index in [0.717, 1.165) is 56.1 Å². The molecule has 238 valence electrons. The molecule has 2 saturated carbocycles. The first kappa shape index (κ1) is 29.2. The Bertz CT molecular complexity index is 1810. The second kappa shape index (κ2) is 10.4. The van der Waals surface area contributed by atoms with Crippen LogP contribution < -0.4 is 4.72 Å². The lowest BCUT2D eigenvalue weighted by Gasteiger charge is -2.41. The van der Waals surface area contributed by atoms with Crippen molar-refractivity contribution in [2.24, 2.45) is 5.41 Å². The predicted octanol–water partition coefficient (Wildman–Crippen LogP) is 5.62. The molecule has 4 heterocycles. The molecule has 9 heteroatoms. The van der Waals surface area contributed by atoms with Crippen molar-refractivity contribution in [1.82, 2.24) is 19.1 Å². The van der Waals surface area contributed by atoms with Gasteiger partial charge < -0.3 is 14.4 Å². The monoisotopic (exact) mass is 628 g/mol. The predicted molar refractivity (Wildman–Crippen MR) is 176 cm³/mol. The molecule has 0 spiro atoms. The van der Waals surface area contributed by atoms with Gasteiger partial charge in [0.2, 0.25) is 15.9 Å². The van der Waals surface area contributed by atoms with Crippen LogP contribution in [0.3, 0.4) is 0 Å². The number of fused-ring (bicyclic) bond motifs is 9. The van der Waals surface area contributed by atoms with Crippen LogP contribution in [0.1, 0.15) is 98.5 Å². The number of aromatic nitrogens is 1. The number of likely N-dealkylation sites (N-methyl/N-ethyl adjacent to an activating group) is 1. The molecule has 2 aliphatic carbocycles. The number of amides is 2. The molecular formula is C36H44N4O4S. The van der Waals surface area contributed by atoms with Gasteiger partial charge in [-0.05, 0) is 82.2 Å². The summed E-state index contributed by atoms with van der Waals surface area (Å²) in [7, 11) is -1.61. The number of nitrogens with one attached hydrogen (secondary N) is 1. The zero-order chi connectivity index (χ0) is 31.2. The fraction of sp³-hybridized carbons (Fsp3) is 0.556. The molecule has 2 saturated heterocycles. The molecule has 8 rings (SSSR count). The van der Waals surface area contributed by atoms with Crippen LogP contribution in [0.25, 0.3) is 22.2 Å². The van der Waals surface area contributed by atoms with Crippen molar-refractivity contribution in [2.75, 3.05) is 20.1 Å². The fourth-order valence-electron chi connectivity index (χ4n) is 9.28. The van der Waals surface area contributed by atoms with Crippen molar-refractivity contribution >= 4 is 32.7 Å². The summed E-state index contributed by atoms with van der Waals surface area (Å²) in [5, 5.41) is 0.406. The first-order valence-corrected chi connectivity index (χ1v) is 18.5. The molecule has 2 bridgehead atoms. The quantitative estimate of drug-likeness (QED) is 0.396. The Morgan fingerprint density at radius 1 is 0.956 bits per heavy atom.